The summed E-state index contributed by atoms with van der Waals surface area (Å²) in [5.41, 5.74) is 6.88. The number of nitrogens with two attached hydrogens (primary N) is 1. The van der Waals surface area contributed by atoms with Crippen molar-refractivity contribution in [3.63, 3.8) is 0 Å². The molecule has 0 saturated carbocycles. The molecule has 1 atom stereocenters. The van der Waals surface area contributed by atoms with Gasteiger partial charge in [0.2, 0.25) is 0 Å². The van der Waals surface area contributed by atoms with Crippen molar-refractivity contribution in [2.75, 3.05) is 7.05 Å². The number of nitrogens with zero attached hydrogens (tertiary/aromatic N) is 1. The standard InChI is InChI=1S/C14H30N2/c1-7-8-12(15)11-9-13(2,3)16(6)14(4,5)10-11/h11-12H,7-10,15H2,1-6H3. The molecule has 1 aliphatic rings. The minimum atomic E-state index is 0.276. The second-order valence-corrected chi connectivity index (χ2v) is 6.80. The van der Waals surface area contributed by atoms with Crippen LogP contribution >= 0.6 is 0 Å². The largest absolute Gasteiger partial charge is 0.327 e. The van der Waals surface area contributed by atoms with Gasteiger partial charge in [-0.1, -0.05) is 13.3 Å². The summed E-state index contributed by atoms with van der Waals surface area (Å²) >= 11 is 0. The van der Waals surface area contributed by atoms with E-state index < -0.39 is 0 Å². The Morgan fingerprint density at radius 2 is 1.62 bits per heavy atom. The van der Waals surface area contributed by atoms with E-state index >= 15 is 0 Å². The van der Waals surface area contributed by atoms with Crippen LogP contribution in [0.5, 0.6) is 0 Å². The molecule has 0 radical (unpaired) electrons. The summed E-state index contributed by atoms with van der Waals surface area (Å²) in [4.78, 5) is 2.52. The van der Waals surface area contributed by atoms with Crippen LogP contribution in [0.15, 0.2) is 0 Å². The molecule has 2 heteroatoms. The molecule has 0 aromatic rings. The van der Waals surface area contributed by atoms with Crippen LogP contribution in [0, 0.1) is 5.92 Å². The van der Waals surface area contributed by atoms with E-state index in [-0.39, 0.29) is 11.1 Å². The van der Waals surface area contributed by atoms with Gasteiger partial charge in [-0.05, 0) is 59.9 Å². The van der Waals surface area contributed by atoms with Gasteiger partial charge in [-0.15, -0.1) is 0 Å². The van der Waals surface area contributed by atoms with Gasteiger partial charge < -0.3 is 5.73 Å². The lowest BCUT2D eigenvalue weighted by atomic mass is 9.71. The van der Waals surface area contributed by atoms with Gasteiger partial charge in [-0.3, -0.25) is 4.90 Å². The van der Waals surface area contributed by atoms with Crippen LogP contribution in [0.3, 0.4) is 0 Å². The molecule has 0 aromatic carbocycles. The Morgan fingerprint density at radius 1 is 1.19 bits per heavy atom. The van der Waals surface area contributed by atoms with Crippen LogP contribution in [0.4, 0.5) is 0 Å². The second-order valence-electron chi connectivity index (χ2n) is 6.80. The summed E-state index contributed by atoms with van der Waals surface area (Å²) in [6, 6.07) is 0.386. The first kappa shape index (κ1) is 14.0. The summed E-state index contributed by atoms with van der Waals surface area (Å²) in [6.07, 6.45) is 4.83. The topological polar surface area (TPSA) is 29.3 Å². The molecule has 0 spiro atoms. The first-order valence-electron chi connectivity index (χ1n) is 6.70. The van der Waals surface area contributed by atoms with Gasteiger partial charge in [-0.2, -0.15) is 0 Å². The van der Waals surface area contributed by atoms with E-state index in [0.29, 0.717) is 12.0 Å². The van der Waals surface area contributed by atoms with Crippen molar-refractivity contribution in [1.82, 2.24) is 4.90 Å². The predicted octanol–water partition coefficient (Wildman–Crippen LogP) is 3.01. The monoisotopic (exact) mass is 226 g/mol. The minimum Gasteiger partial charge on any atom is -0.327 e. The average Bonchev–Trinajstić information content (AvgIpc) is 2.13. The van der Waals surface area contributed by atoms with E-state index in [9.17, 15) is 0 Å². The normalized spacial score (nSPS) is 27.9. The zero-order valence-electron chi connectivity index (χ0n) is 12.0. The van der Waals surface area contributed by atoms with E-state index in [1.54, 1.807) is 0 Å². The van der Waals surface area contributed by atoms with Crippen LogP contribution in [-0.2, 0) is 0 Å². The van der Waals surface area contributed by atoms with Crippen molar-refractivity contribution < 1.29 is 0 Å². The Hall–Kier alpha value is -0.0800. The van der Waals surface area contributed by atoms with Crippen molar-refractivity contribution in [1.29, 1.82) is 0 Å². The molecule has 1 fully saturated rings. The molecular formula is C14H30N2. The number of likely N-dealkylation sites (tertiary alicyclic amines) is 1. The molecule has 1 aliphatic heterocycles. The Morgan fingerprint density at radius 3 is 2.00 bits per heavy atom. The van der Waals surface area contributed by atoms with Crippen LogP contribution in [0.25, 0.3) is 0 Å². The van der Waals surface area contributed by atoms with Gasteiger partial charge in [0.15, 0.2) is 0 Å². The Balaban J connectivity index is 2.78. The van der Waals surface area contributed by atoms with Gasteiger partial charge >= 0.3 is 0 Å². The van der Waals surface area contributed by atoms with E-state index in [0.717, 1.165) is 0 Å². The Labute approximate surface area is 102 Å². The van der Waals surface area contributed by atoms with Crippen LogP contribution in [0.1, 0.15) is 60.3 Å². The molecule has 2 nitrogen and oxygen atoms in total. The highest BCUT2D eigenvalue weighted by Gasteiger charge is 2.44. The fourth-order valence-corrected chi connectivity index (χ4v) is 3.32. The molecule has 0 aliphatic carbocycles. The van der Waals surface area contributed by atoms with Crippen molar-refractivity contribution in [3.8, 4) is 0 Å². The lowest BCUT2D eigenvalue weighted by molar-refractivity contribution is -0.0361. The number of hydrogen-bond donors (Lipinski definition) is 1. The van der Waals surface area contributed by atoms with Gasteiger partial charge in [0.05, 0.1) is 0 Å². The highest BCUT2D eigenvalue weighted by Crippen LogP contribution is 2.41. The molecular weight excluding hydrogens is 196 g/mol. The molecule has 2 N–H and O–H groups in total. The smallest absolute Gasteiger partial charge is 0.0158 e. The number of hydrogen-bond acceptors (Lipinski definition) is 2. The van der Waals surface area contributed by atoms with Crippen LogP contribution < -0.4 is 5.73 Å². The lowest BCUT2D eigenvalue weighted by Crippen LogP contribution is -2.60. The third-order valence-electron chi connectivity index (χ3n) is 4.57. The average molecular weight is 226 g/mol. The maximum atomic E-state index is 6.33. The first-order chi connectivity index (χ1) is 7.20. The summed E-state index contributed by atoms with van der Waals surface area (Å²) in [7, 11) is 2.25. The van der Waals surface area contributed by atoms with E-state index in [1.807, 2.05) is 0 Å². The SMILES string of the molecule is CCCC(N)C1CC(C)(C)N(C)C(C)(C)C1. The molecule has 96 valence electrons. The fraction of sp³-hybridized carbons (Fsp3) is 1.00. The minimum absolute atomic E-state index is 0.276. The molecule has 1 unspecified atom stereocenters. The van der Waals surface area contributed by atoms with Crippen molar-refractivity contribution in [3.05, 3.63) is 0 Å². The van der Waals surface area contributed by atoms with E-state index in [1.165, 1.54) is 25.7 Å². The van der Waals surface area contributed by atoms with Crippen LogP contribution in [-0.4, -0.2) is 29.1 Å². The van der Waals surface area contributed by atoms with E-state index in [4.69, 9.17) is 5.73 Å². The molecule has 0 amide bonds. The first-order valence-corrected chi connectivity index (χ1v) is 6.70. The number of rotatable bonds is 3. The maximum absolute atomic E-state index is 6.33. The van der Waals surface area contributed by atoms with Crippen LogP contribution in [0.2, 0.25) is 0 Å². The van der Waals surface area contributed by atoms with Crippen molar-refractivity contribution in [2.45, 2.75) is 77.4 Å². The third-order valence-corrected chi connectivity index (χ3v) is 4.57. The maximum Gasteiger partial charge on any atom is 0.0158 e. The summed E-state index contributed by atoms with van der Waals surface area (Å²) in [5, 5.41) is 0. The van der Waals surface area contributed by atoms with Gasteiger partial charge in [0.1, 0.15) is 0 Å². The third kappa shape index (κ3) is 2.78. The quantitative estimate of drug-likeness (QED) is 0.801. The van der Waals surface area contributed by atoms with E-state index in [2.05, 4.69) is 46.6 Å². The Kier molecular flexibility index (Phi) is 4.07. The van der Waals surface area contributed by atoms with Gasteiger partial charge in [0, 0.05) is 17.1 Å². The lowest BCUT2D eigenvalue weighted by Gasteiger charge is -2.54. The fourth-order valence-electron chi connectivity index (χ4n) is 3.32. The Bertz CT molecular complexity index is 215. The zero-order chi connectivity index (χ0) is 12.6. The van der Waals surface area contributed by atoms with Gasteiger partial charge in [0.25, 0.3) is 0 Å². The molecule has 0 aromatic heterocycles. The van der Waals surface area contributed by atoms with Crippen molar-refractivity contribution >= 4 is 0 Å². The summed E-state index contributed by atoms with van der Waals surface area (Å²) < 4.78 is 0. The van der Waals surface area contributed by atoms with Crippen molar-refractivity contribution in [2.24, 2.45) is 11.7 Å². The summed E-state index contributed by atoms with van der Waals surface area (Å²) in [5.74, 6) is 0.682. The molecule has 0 bridgehead atoms. The highest BCUT2D eigenvalue weighted by atomic mass is 15.2. The molecule has 1 heterocycles. The number of piperidine rings is 1. The molecule has 1 saturated heterocycles. The zero-order valence-corrected chi connectivity index (χ0v) is 12.0. The molecule has 16 heavy (non-hydrogen) atoms. The molecule has 1 rings (SSSR count). The predicted molar refractivity (Wildman–Crippen MR) is 71.5 cm³/mol. The second kappa shape index (κ2) is 4.66. The summed E-state index contributed by atoms with van der Waals surface area (Å²) in [6.45, 7) is 11.6. The highest BCUT2D eigenvalue weighted by molar-refractivity contribution is 5.00. The van der Waals surface area contributed by atoms with Gasteiger partial charge in [-0.25, -0.2) is 0 Å².